The summed E-state index contributed by atoms with van der Waals surface area (Å²) in [6.45, 7) is 4.78. The van der Waals surface area contributed by atoms with Gasteiger partial charge >= 0.3 is 0 Å². The lowest BCUT2D eigenvalue weighted by Crippen LogP contribution is -2.41. The van der Waals surface area contributed by atoms with Gasteiger partial charge in [-0.15, -0.1) is 15.3 Å². The van der Waals surface area contributed by atoms with E-state index < -0.39 is 0 Å². The van der Waals surface area contributed by atoms with Crippen LogP contribution in [0.1, 0.15) is 25.6 Å². The van der Waals surface area contributed by atoms with Crippen LogP contribution in [0.5, 0.6) is 0 Å². The first kappa shape index (κ1) is 18.9. The van der Waals surface area contributed by atoms with E-state index in [4.69, 9.17) is 0 Å². The van der Waals surface area contributed by atoms with Crippen molar-refractivity contribution in [2.24, 2.45) is 5.92 Å². The number of aromatic nitrogens is 4. The second kappa shape index (κ2) is 7.86. The highest BCUT2D eigenvalue weighted by atomic mass is 16.2. The Hall–Kier alpha value is -3.49. The van der Waals surface area contributed by atoms with Gasteiger partial charge in [0.1, 0.15) is 5.82 Å². The third-order valence-corrected chi connectivity index (χ3v) is 4.99. The fourth-order valence-corrected chi connectivity index (χ4v) is 3.54. The predicted molar refractivity (Wildman–Crippen MR) is 110 cm³/mol. The number of carbonyl (C=O) groups excluding carboxylic acids is 2. The van der Waals surface area contributed by atoms with Gasteiger partial charge in [0.05, 0.1) is 5.92 Å². The number of anilines is 3. The van der Waals surface area contributed by atoms with Gasteiger partial charge in [0.2, 0.25) is 11.8 Å². The average molecular weight is 393 g/mol. The number of hydrogen-bond donors (Lipinski definition) is 2. The van der Waals surface area contributed by atoms with E-state index in [9.17, 15) is 9.59 Å². The van der Waals surface area contributed by atoms with Gasteiger partial charge in [-0.05, 0) is 56.2 Å². The average Bonchev–Trinajstić information content (AvgIpc) is 3.09. The summed E-state index contributed by atoms with van der Waals surface area (Å²) in [5.41, 5.74) is 2.12. The normalized spacial score (nSPS) is 16.6. The van der Waals surface area contributed by atoms with E-state index in [1.54, 1.807) is 28.8 Å². The van der Waals surface area contributed by atoms with E-state index in [1.807, 2.05) is 19.1 Å². The second-order valence-corrected chi connectivity index (χ2v) is 7.24. The van der Waals surface area contributed by atoms with Crippen molar-refractivity contribution in [1.29, 1.82) is 0 Å². The van der Waals surface area contributed by atoms with Crippen LogP contribution in [-0.4, -0.2) is 44.7 Å². The fourth-order valence-electron chi connectivity index (χ4n) is 3.54. The zero-order chi connectivity index (χ0) is 20.4. The number of carbonyl (C=O) groups is 2. The van der Waals surface area contributed by atoms with Crippen molar-refractivity contribution >= 4 is 34.7 Å². The van der Waals surface area contributed by atoms with Crippen LogP contribution in [0.3, 0.4) is 0 Å². The molecule has 1 saturated heterocycles. The molecule has 1 aliphatic heterocycles. The van der Waals surface area contributed by atoms with E-state index in [2.05, 4.69) is 30.8 Å². The number of hydrogen-bond acceptors (Lipinski definition) is 6. The Morgan fingerprint density at radius 3 is 2.48 bits per heavy atom. The van der Waals surface area contributed by atoms with Gasteiger partial charge < -0.3 is 15.5 Å². The molecule has 1 aromatic carbocycles. The topological polar surface area (TPSA) is 105 Å². The highest BCUT2D eigenvalue weighted by Gasteiger charge is 2.27. The van der Waals surface area contributed by atoms with Crippen LogP contribution in [-0.2, 0) is 9.59 Å². The van der Waals surface area contributed by atoms with Crippen molar-refractivity contribution in [1.82, 2.24) is 19.8 Å². The number of nitrogens with one attached hydrogen (secondary N) is 2. The molecule has 1 atom stereocenters. The minimum Gasteiger partial charge on any atom is -0.354 e. The van der Waals surface area contributed by atoms with Gasteiger partial charge in [-0.2, -0.15) is 4.52 Å². The van der Waals surface area contributed by atoms with E-state index in [1.165, 1.54) is 6.92 Å². The van der Waals surface area contributed by atoms with E-state index in [0.717, 1.165) is 31.0 Å². The summed E-state index contributed by atoms with van der Waals surface area (Å²) in [4.78, 5) is 26.0. The Morgan fingerprint density at radius 2 is 1.76 bits per heavy atom. The fraction of sp³-hybridized carbons (Fsp3) is 0.350. The zero-order valence-corrected chi connectivity index (χ0v) is 16.4. The SMILES string of the molecule is CC(=O)Nc1ccc(NC(=O)[C@H]2CCCN(c3ccc4nnc(C)n4n3)C2)cc1. The summed E-state index contributed by atoms with van der Waals surface area (Å²) >= 11 is 0. The molecule has 1 aliphatic rings. The third kappa shape index (κ3) is 4.18. The lowest BCUT2D eigenvalue weighted by molar-refractivity contribution is -0.120. The molecule has 9 nitrogen and oxygen atoms in total. The molecule has 0 unspecified atom stereocenters. The molecule has 0 saturated carbocycles. The van der Waals surface area contributed by atoms with Crippen LogP contribution >= 0.6 is 0 Å². The lowest BCUT2D eigenvalue weighted by Gasteiger charge is -2.32. The van der Waals surface area contributed by atoms with Crippen LogP contribution in [0, 0.1) is 12.8 Å². The van der Waals surface area contributed by atoms with Crippen molar-refractivity contribution in [3.05, 3.63) is 42.2 Å². The van der Waals surface area contributed by atoms with Gasteiger partial charge in [-0.25, -0.2) is 0 Å². The standard InChI is InChI=1S/C20H23N7O2/c1-13-23-24-18-9-10-19(25-27(13)18)26-11-3-4-15(12-26)20(29)22-17-7-5-16(6-8-17)21-14(2)28/h5-10,15H,3-4,11-12H2,1-2H3,(H,21,28)(H,22,29)/t15-/m0/s1. The van der Waals surface area contributed by atoms with Crippen molar-refractivity contribution in [2.75, 3.05) is 28.6 Å². The van der Waals surface area contributed by atoms with E-state index in [-0.39, 0.29) is 17.7 Å². The number of nitrogens with zero attached hydrogens (tertiary/aromatic N) is 5. The highest BCUT2D eigenvalue weighted by molar-refractivity contribution is 5.94. The van der Waals surface area contributed by atoms with E-state index in [0.29, 0.717) is 23.6 Å². The molecule has 29 heavy (non-hydrogen) atoms. The number of rotatable bonds is 4. The Morgan fingerprint density at radius 1 is 1.03 bits per heavy atom. The monoisotopic (exact) mass is 393 g/mol. The summed E-state index contributed by atoms with van der Waals surface area (Å²) in [6.07, 6.45) is 1.75. The second-order valence-electron chi connectivity index (χ2n) is 7.24. The number of amides is 2. The molecule has 1 fully saturated rings. The molecule has 4 rings (SSSR count). The largest absolute Gasteiger partial charge is 0.354 e. The summed E-state index contributed by atoms with van der Waals surface area (Å²) in [5.74, 6) is 1.28. The number of aryl methyl sites for hydroxylation is 1. The Labute approximate surface area is 168 Å². The van der Waals surface area contributed by atoms with Gasteiger partial charge in [0, 0.05) is 31.4 Å². The summed E-state index contributed by atoms with van der Waals surface area (Å²) in [5, 5.41) is 18.4. The molecule has 0 radical (unpaired) electrons. The molecular formula is C20H23N7O2. The quantitative estimate of drug-likeness (QED) is 0.704. The molecule has 2 aromatic heterocycles. The minimum atomic E-state index is -0.127. The molecule has 150 valence electrons. The van der Waals surface area contributed by atoms with Crippen molar-refractivity contribution in [3.8, 4) is 0 Å². The Kier molecular flexibility index (Phi) is 5.11. The first-order chi connectivity index (χ1) is 14.0. The molecule has 0 spiro atoms. The van der Waals surface area contributed by atoms with Crippen LogP contribution in [0.2, 0.25) is 0 Å². The molecule has 3 heterocycles. The number of fused-ring (bicyclic) bond motifs is 1. The molecule has 3 aromatic rings. The van der Waals surface area contributed by atoms with Crippen LogP contribution < -0.4 is 15.5 Å². The zero-order valence-electron chi connectivity index (χ0n) is 16.4. The maximum absolute atomic E-state index is 12.8. The van der Waals surface area contributed by atoms with Gasteiger partial charge in [0.15, 0.2) is 11.5 Å². The van der Waals surface area contributed by atoms with Gasteiger partial charge in [-0.1, -0.05) is 0 Å². The van der Waals surface area contributed by atoms with Crippen molar-refractivity contribution in [3.63, 3.8) is 0 Å². The number of benzene rings is 1. The lowest BCUT2D eigenvalue weighted by atomic mass is 9.97. The molecule has 2 N–H and O–H groups in total. The van der Waals surface area contributed by atoms with Gasteiger partial charge in [-0.3, -0.25) is 9.59 Å². The molecule has 0 aliphatic carbocycles. The highest BCUT2D eigenvalue weighted by Crippen LogP contribution is 2.23. The molecule has 2 amide bonds. The van der Waals surface area contributed by atoms with Crippen LogP contribution in [0.4, 0.5) is 17.2 Å². The molecule has 9 heteroatoms. The Bertz CT molecular complexity index is 1040. The van der Waals surface area contributed by atoms with Gasteiger partial charge in [0.25, 0.3) is 0 Å². The first-order valence-corrected chi connectivity index (χ1v) is 9.62. The number of piperidine rings is 1. The predicted octanol–water partition coefficient (Wildman–Crippen LogP) is 2.25. The summed E-state index contributed by atoms with van der Waals surface area (Å²) in [7, 11) is 0. The molecular weight excluding hydrogens is 370 g/mol. The molecule has 0 bridgehead atoms. The van der Waals surface area contributed by atoms with Crippen molar-refractivity contribution < 1.29 is 9.59 Å². The maximum Gasteiger partial charge on any atom is 0.229 e. The van der Waals surface area contributed by atoms with Crippen molar-refractivity contribution in [2.45, 2.75) is 26.7 Å². The van der Waals surface area contributed by atoms with Crippen LogP contribution in [0.15, 0.2) is 36.4 Å². The first-order valence-electron chi connectivity index (χ1n) is 9.62. The smallest absolute Gasteiger partial charge is 0.229 e. The van der Waals surface area contributed by atoms with E-state index >= 15 is 0 Å². The Balaban J connectivity index is 1.42. The summed E-state index contributed by atoms with van der Waals surface area (Å²) in [6, 6.07) is 10.9. The summed E-state index contributed by atoms with van der Waals surface area (Å²) < 4.78 is 1.72. The maximum atomic E-state index is 12.8. The minimum absolute atomic E-state index is 0.0106. The third-order valence-electron chi connectivity index (χ3n) is 4.99. The van der Waals surface area contributed by atoms with Crippen LogP contribution in [0.25, 0.3) is 5.65 Å².